The van der Waals surface area contributed by atoms with Gasteiger partial charge in [0.1, 0.15) is 4.90 Å². The van der Waals surface area contributed by atoms with Crippen LogP contribution in [-0.4, -0.2) is 42.4 Å². The second-order valence-electron chi connectivity index (χ2n) is 4.18. The van der Waals surface area contributed by atoms with Gasteiger partial charge in [-0.1, -0.05) is 6.92 Å². The molecule has 0 saturated carbocycles. The molecule has 0 amide bonds. The van der Waals surface area contributed by atoms with E-state index in [-0.39, 0.29) is 26.1 Å². The van der Waals surface area contributed by atoms with Gasteiger partial charge in [0.05, 0.1) is 16.7 Å². The third-order valence-corrected chi connectivity index (χ3v) is 4.85. The number of anilines is 1. The van der Waals surface area contributed by atoms with Gasteiger partial charge < -0.3 is 10.8 Å². The van der Waals surface area contributed by atoms with E-state index in [1.165, 1.54) is 0 Å². The number of nitro groups is 1. The third-order valence-electron chi connectivity index (χ3n) is 2.78. The van der Waals surface area contributed by atoms with E-state index in [9.17, 15) is 22.9 Å². The van der Waals surface area contributed by atoms with E-state index in [2.05, 4.69) is 0 Å². The highest BCUT2D eigenvalue weighted by Crippen LogP contribution is 2.29. The van der Waals surface area contributed by atoms with Crippen LogP contribution in [0.3, 0.4) is 0 Å². The molecule has 0 spiro atoms. The van der Waals surface area contributed by atoms with Gasteiger partial charge in [-0.05, 0) is 6.42 Å². The molecule has 0 unspecified atom stereocenters. The van der Waals surface area contributed by atoms with Crippen LogP contribution in [0.2, 0.25) is 0 Å². The molecule has 8 nitrogen and oxygen atoms in total. The van der Waals surface area contributed by atoms with E-state index in [1.807, 2.05) is 0 Å². The van der Waals surface area contributed by atoms with Gasteiger partial charge in [0.25, 0.3) is 5.69 Å². The molecule has 0 aliphatic rings. The Balaban J connectivity index is 3.34. The molecule has 0 aliphatic heterocycles. The van der Waals surface area contributed by atoms with Crippen LogP contribution in [0, 0.1) is 15.9 Å². The van der Waals surface area contributed by atoms with Crippen LogP contribution in [0.5, 0.6) is 0 Å². The van der Waals surface area contributed by atoms with Crippen LogP contribution in [0.1, 0.15) is 13.3 Å². The quantitative estimate of drug-likeness (QED) is 0.432. The Morgan fingerprint density at radius 2 is 2.10 bits per heavy atom. The minimum atomic E-state index is -4.23. The van der Waals surface area contributed by atoms with Crippen molar-refractivity contribution in [3.8, 4) is 0 Å². The zero-order chi connectivity index (χ0) is 16.2. The molecule has 118 valence electrons. The molecule has 1 rings (SSSR count). The summed E-state index contributed by atoms with van der Waals surface area (Å²) < 4.78 is 39.6. The highest BCUT2D eigenvalue weighted by Gasteiger charge is 2.30. The minimum Gasteiger partial charge on any atom is -0.397 e. The van der Waals surface area contributed by atoms with Gasteiger partial charge >= 0.3 is 0 Å². The van der Waals surface area contributed by atoms with Crippen molar-refractivity contribution in [3.63, 3.8) is 0 Å². The van der Waals surface area contributed by atoms with Crippen molar-refractivity contribution in [2.75, 3.05) is 25.4 Å². The van der Waals surface area contributed by atoms with Crippen LogP contribution in [0.15, 0.2) is 17.0 Å². The molecular weight excluding hydrogens is 305 g/mol. The highest BCUT2D eigenvalue weighted by molar-refractivity contribution is 7.89. The smallest absolute Gasteiger partial charge is 0.274 e. The number of rotatable bonds is 7. The first-order chi connectivity index (χ1) is 9.75. The first-order valence-corrected chi connectivity index (χ1v) is 7.54. The molecule has 0 saturated heterocycles. The fourth-order valence-electron chi connectivity index (χ4n) is 1.80. The minimum absolute atomic E-state index is 0.00873. The van der Waals surface area contributed by atoms with E-state index in [1.54, 1.807) is 6.92 Å². The summed E-state index contributed by atoms with van der Waals surface area (Å²) >= 11 is 0. The van der Waals surface area contributed by atoms with Crippen molar-refractivity contribution in [3.05, 3.63) is 28.1 Å². The number of nitro benzene ring substituents is 1. The first kappa shape index (κ1) is 17.3. The van der Waals surface area contributed by atoms with Crippen LogP contribution >= 0.6 is 0 Å². The summed E-state index contributed by atoms with van der Waals surface area (Å²) in [5.74, 6) is -1.27. The van der Waals surface area contributed by atoms with Gasteiger partial charge in [-0.15, -0.1) is 0 Å². The maximum Gasteiger partial charge on any atom is 0.274 e. The fraction of sp³-hybridized carbons (Fsp3) is 0.455. The van der Waals surface area contributed by atoms with Crippen molar-refractivity contribution >= 4 is 21.4 Å². The molecule has 0 aromatic heterocycles. The number of hydrogen-bond donors (Lipinski definition) is 2. The lowest BCUT2D eigenvalue weighted by Crippen LogP contribution is -2.33. The summed E-state index contributed by atoms with van der Waals surface area (Å²) in [5.41, 5.74) is 4.32. The Morgan fingerprint density at radius 3 is 2.52 bits per heavy atom. The number of halogens is 1. The lowest BCUT2D eigenvalue weighted by molar-refractivity contribution is -0.385. The van der Waals surface area contributed by atoms with Crippen LogP contribution in [0.25, 0.3) is 0 Å². The number of sulfonamides is 1. The van der Waals surface area contributed by atoms with E-state index in [0.29, 0.717) is 6.07 Å². The lowest BCUT2D eigenvalue weighted by Gasteiger charge is -2.21. The molecule has 0 fully saturated rings. The van der Waals surface area contributed by atoms with Gasteiger partial charge in [0.2, 0.25) is 10.0 Å². The molecule has 0 heterocycles. The Morgan fingerprint density at radius 1 is 1.48 bits per heavy atom. The fourth-order valence-corrected chi connectivity index (χ4v) is 3.43. The van der Waals surface area contributed by atoms with Gasteiger partial charge in [0, 0.05) is 25.8 Å². The van der Waals surface area contributed by atoms with Crippen LogP contribution in [-0.2, 0) is 10.0 Å². The molecule has 10 heteroatoms. The number of nitrogens with zero attached hydrogens (tertiary/aromatic N) is 2. The van der Waals surface area contributed by atoms with E-state index >= 15 is 0 Å². The molecule has 21 heavy (non-hydrogen) atoms. The number of aliphatic hydroxyl groups is 1. The molecule has 1 aromatic rings. The highest BCUT2D eigenvalue weighted by atomic mass is 32.2. The average molecular weight is 321 g/mol. The monoisotopic (exact) mass is 321 g/mol. The standard InChI is InChI=1S/C11H16FN3O5S/c1-2-14(4-3-5-16)21(19,20)11-9(12)6-8(15(17)18)7-10(11)13/h6-7,16H,2-5,13H2,1H3. The van der Waals surface area contributed by atoms with E-state index in [0.717, 1.165) is 10.4 Å². The summed E-state index contributed by atoms with van der Waals surface area (Å²) in [7, 11) is -4.23. The van der Waals surface area contributed by atoms with Crippen molar-refractivity contribution in [2.45, 2.75) is 18.2 Å². The SMILES string of the molecule is CCN(CCCO)S(=O)(=O)c1c(N)cc([N+](=O)[O-])cc1F. The molecule has 0 aliphatic carbocycles. The topological polar surface area (TPSA) is 127 Å². The van der Waals surface area contributed by atoms with Crippen molar-refractivity contribution in [1.29, 1.82) is 0 Å². The molecule has 0 bridgehead atoms. The van der Waals surface area contributed by atoms with Crippen LogP contribution in [0.4, 0.5) is 15.8 Å². The predicted molar refractivity (Wildman–Crippen MR) is 73.6 cm³/mol. The molecule has 0 radical (unpaired) electrons. The Labute approximate surface area is 121 Å². The lowest BCUT2D eigenvalue weighted by atomic mass is 10.3. The summed E-state index contributed by atoms with van der Waals surface area (Å²) in [5, 5.41) is 19.4. The second-order valence-corrected chi connectivity index (χ2v) is 6.05. The zero-order valence-corrected chi connectivity index (χ0v) is 12.1. The molecular formula is C11H16FN3O5S. The number of hydrogen-bond acceptors (Lipinski definition) is 6. The normalized spacial score (nSPS) is 11.8. The van der Waals surface area contributed by atoms with Gasteiger partial charge in [-0.25, -0.2) is 12.8 Å². The Hall–Kier alpha value is -1.78. The van der Waals surface area contributed by atoms with Crippen LogP contribution < -0.4 is 5.73 Å². The Bertz CT molecular complexity index is 612. The van der Waals surface area contributed by atoms with E-state index < -0.39 is 37.0 Å². The summed E-state index contributed by atoms with van der Waals surface area (Å²) in [4.78, 5) is 8.95. The number of non-ortho nitro benzene ring substituents is 1. The average Bonchev–Trinajstić information content (AvgIpc) is 2.37. The van der Waals surface area contributed by atoms with Crippen molar-refractivity contribution in [1.82, 2.24) is 4.31 Å². The first-order valence-electron chi connectivity index (χ1n) is 6.10. The van der Waals surface area contributed by atoms with E-state index in [4.69, 9.17) is 10.8 Å². The summed E-state index contributed by atoms with van der Waals surface area (Å²) in [6.07, 6.45) is 0.182. The predicted octanol–water partition coefficient (Wildman–Crippen LogP) is 0.709. The molecule has 3 N–H and O–H groups in total. The zero-order valence-electron chi connectivity index (χ0n) is 11.3. The van der Waals surface area contributed by atoms with Crippen molar-refractivity contribution < 1.29 is 22.8 Å². The summed E-state index contributed by atoms with van der Waals surface area (Å²) in [6, 6.07) is 1.32. The maximum atomic E-state index is 13.9. The number of nitrogen functional groups attached to an aromatic ring is 1. The summed E-state index contributed by atoms with van der Waals surface area (Å²) in [6.45, 7) is 1.38. The number of benzene rings is 1. The molecule has 0 atom stereocenters. The number of nitrogens with two attached hydrogens (primary N) is 1. The largest absolute Gasteiger partial charge is 0.397 e. The third kappa shape index (κ3) is 3.65. The molecule has 1 aromatic carbocycles. The van der Waals surface area contributed by atoms with Gasteiger partial charge in [-0.3, -0.25) is 10.1 Å². The second kappa shape index (κ2) is 6.78. The maximum absolute atomic E-state index is 13.9. The number of aliphatic hydroxyl groups excluding tert-OH is 1. The van der Waals surface area contributed by atoms with Gasteiger partial charge in [-0.2, -0.15) is 4.31 Å². The van der Waals surface area contributed by atoms with Crippen molar-refractivity contribution in [2.24, 2.45) is 0 Å². The Kier molecular flexibility index (Phi) is 5.58. The van der Waals surface area contributed by atoms with Gasteiger partial charge in [0.15, 0.2) is 5.82 Å².